The number of oxime groups is 1. The minimum Gasteiger partial charge on any atom is -0.374 e. The van der Waals surface area contributed by atoms with Gasteiger partial charge in [0.1, 0.15) is 0 Å². The zero-order valence-electron chi connectivity index (χ0n) is 19.4. The van der Waals surface area contributed by atoms with Crippen LogP contribution in [0.25, 0.3) is 0 Å². The predicted molar refractivity (Wildman–Crippen MR) is 113 cm³/mol. The number of amides is 1. The number of rotatable bonds is 4. The van der Waals surface area contributed by atoms with Crippen LogP contribution in [0, 0.1) is 0 Å². The van der Waals surface area contributed by atoms with Gasteiger partial charge in [0.05, 0.1) is 29.9 Å². The Kier molecular flexibility index (Phi) is 6.47. The number of hydrogen-bond donors (Lipinski definition) is 0. The zero-order chi connectivity index (χ0) is 28.3. The van der Waals surface area contributed by atoms with Crippen LogP contribution in [0.1, 0.15) is 47.6 Å². The largest absolute Gasteiger partial charge is 0.435 e. The maximum atomic E-state index is 15.1. The Bertz CT molecular complexity index is 1230. The third-order valence-corrected chi connectivity index (χ3v) is 6.51. The number of carbonyl (C=O) groups excluding carboxylic acids is 1. The molecular weight excluding hydrogens is 538 g/mol. The van der Waals surface area contributed by atoms with E-state index < -0.39 is 58.6 Å². The number of hydrogen-bond acceptors (Lipinski definition) is 3. The highest BCUT2D eigenvalue weighted by molar-refractivity contribution is 6.02. The van der Waals surface area contributed by atoms with Gasteiger partial charge in [0.15, 0.2) is 5.67 Å². The molecule has 14 heteroatoms. The van der Waals surface area contributed by atoms with E-state index in [4.69, 9.17) is 0 Å². The van der Waals surface area contributed by atoms with Crippen LogP contribution in [0.15, 0.2) is 47.6 Å². The van der Waals surface area contributed by atoms with E-state index >= 15 is 4.39 Å². The molecule has 2 aliphatic rings. The molecule has 4 nitrogen and oxygen atoms in total. The summed E-state index contributed by atoms with van der Waals surface area (Å²) in [5.74, 6) is -0.251. The van der Waals surface area contributed by atoms with E-state index in [2.05, 4.69) is 9.99 Å². The third-order valence-electron chi connectivity index (χ3n) is 6.51. The molecule has 1 atom stereocenters. The van der Waals surface area contributed by atoms with Crippen LogP contribution in [-0.4, -0.2) is 35.8 Å². The Morgan fingerprint density at radius 2 is 1.42 bits per heavy atom. The van der Waals surface area contributed by atoms with Crippen LogP contribution in [0.5, 0.6) is 0 Å². The fourth-order valence-corrected chi connectivity index (χ4v) is 4.35. The molecule has 1 amide bonds. The second kappa shape index (κ2) is 8.87. The smallest absolute Gasteiger partial charge is 0.374 e. The van der Waals surface area contributed by atoms with Crippen LogP contribution in [0.3, 0.4) is 0 Å². The van der Waals surface area contributed by atoms with Crippen molar-refractivity contribution in [2.45, 2.75) is 49.6 Å². The first-order chi connectivity index (χ1) is 17.4. The lowest BCUT2D eigenvalue weighted by Crippen LogP contribution is -2.58. The molecule has 2 aromatic rings. The molecule has 0 bridgehead atoms. The Morgan fingerprint density at radius 1 is 0.895 bits per heavy atom. The van der Waals surface area contributed by atoms with Crippen LogP contribution in [0.2, 0.25) is 0 Å². The summed E-state index contributed by atoms with van der Waals surface area (Å²) in [6.45, 7) is 1.19. The first-order valence-electron chi connectivity index (χ1n) is 11.1. The van der Waals surface area contributed by atoms with E-state index in [1.165, 1.54) is 29.2 Å². The van der Waals surface area contributed by atoms with Crippen molar-refractivity contribution in [1.82, 2.24) is 4.90 Å². The fraction of sp³-hybridized carbons (Fsp3) is 0.417. The van der Waals surface area contributed by atoms with Crippen molar-refractivity contribution < 1.29 is 53.5 Å². The van der Waals surface area contributed by atoms with Gasteiger partial charge in [0, 0.05) is 18.4 Å². The fourth-order valence-electron chi connectivity index (χ4n) is 4.35. The second-order valence-electron chi connectivity index (χ2n) is 9.07. The summed E-state index contributed by atoms with van der Waals surface area (Å²) in [5.41, 5.74) is -11.1. The van der Waals surface area contributed by atoms with Gasteiger partial charge in [-0.2, -0.15) is 39.5 Å². The van der Waals surface area contributed by atoms with Gasteiger partial charge in [-0.25, -0.2) is 4.39 Å². The van der Waals surface area contributed by atoms with Crippen LogP contribution in [-0.2, 0) is 33.3 Å². The van der Waals surface area contributed by atoms with Crippen LogP contribution < -0.4 is 0 Å². The van der Waals surface area contributed by atoms with Crippen molar-refractivity contribution in [3.63, 3.8) is 0 Å². The van der Waals surface area contributed by atoms with E-state index in [0.717, 1.165) is 0 Å². The highest BCUT2D eigenvalue weighted by Crippen LogP contribution is 2.51. The minimum atomic E-state index is -5.46. The van der Waals surface area contributed by atoms with E-state index in [9.17, 15) is 44.3 Å². The van der Waals surface area contributed by atoms with E-state index in [-0.39, 0.29) is 54.7 Å². The molecule has 2 heterocycles. The first-order valence-corrected chi connectivity index (χ1v) is 11.1. The lowest BCUT2D eigenvalue weighted by molar-refractivity contribution is -0.276. The summed E-state index contributed by atoms with van der Waals surface area (Å²) in [6, 6.07) is 4.56. The lowest BCUT2D eigenvalue weighted by atomic mass is 9.83. The van der Waals surface area contributed by atoms with Crippen LogP contribution >= 0.6 is 0 Å². The summed E-state index contributed by atoms with van der Waals surface area (Å²) in [4.78, 5) is 17.5. The molecule has 0 radical (unpaired) electrons. The standard InChI is InChI=1S/C24H18F10N2O2/c1-2-19(37)36-11-20(25,12-36)14-5-3-13(4-6-14)18-10-21(38-35-18,24(32,33)34)15-7-16(22(26,27)28)9-17(8-15)23(29,30)31/h3-9H,2,10-12H2,1H3. The summed E-state index contributed by atoms with van der Waals surface area (Å²) in [5, 5.41) is 3.35. The maximum absolute atomic E-state index is 15.1. The molecule has 2 aliphatic heterocycles. The number of benzene rings is 2. The Labute approximate surface area is 208 Å². The third kappa shape index (κ3) is 4.80. The average molecular weight is 556 g/mol. The minimum absolute atomic E-state index is 0.00712. The summed E-state index contributed by atoms with van der Waals surface area (Å²) in [7, 11) is 0. The van der Waals surface area contributed by atoms with Crippen molar-refractivity contribution >= 4 is 11.6 Å². The SMILES string of the molecule is CCC(=O)N1CC(F)(c2ccc(C3=NOC(c4cc(C(F)(F)F)cc(C(F)(F)F)c4)(C(F)(F)F)C3)cc2)C1. The monoisotopic (exact) mass is 556 g/mol. The van der Waals surface area contributed by atoms with Gasteiger partial charge in [-0.05, 0) is 29.3 Å². The lowest BCUT2D eigenvalue weighted by Gasteiger charge is -2.44. The molecule has 1 unspecified atom stereocenters. The van der Waals surface area contributed by atoms with Gasteiger partial charge >= 0.3 is 18.5 Å². The zero-order valence-corrected chi connectivity index (χ0v) is 19.4. The van der Waals surface area contributed by atoms with Gasteiger partial charge < -0.3 is 9.74 Å². The van der Waals surface area contributed by atoms with Crippen molar-refractivity contribution in [3.05, 3.63) is 70.3 Å². The summed E-state index contributed by atoms with van der Waals surface area (Å²) in [6.07, 6.45) is -17.3. The van der Waals surface area contributed by atoms with Crippen LogP contribution in [0.4, 0.5) is 43.9 Å². The van der Waals surface area contributed by atoms with Gasteiger partial charge in [0.2, 0.25) is 5.91 Å². The Balaban J connectivity index is 1.65. The van der Waals surface area contributed by atoms with Crippen molar-refractivity contribution in [3.8, 4) is 0 Å². The van der Waals surface area contributed by atoms with Gasteiger partial charge in [0.25, 0.3) is 5.60 Å². The number of alkyl halides is 10. The molecule has 0 spiro atoms. The molecule has 0 aromatic heterocycles. The molecular formula is C24H18F10N2O2. The van der Waals surface area contributed by atoms with E-state index in [0.29, 0.717) is 0 Å². The number of carbonyl (C=O) groups is 1. The number of nitrogens with zero attached hydrogens (tertiary/aromatic N) is 2. The van der Waals surface area contributed by atoms with Gasteiger partial charge in [-0.3, -0.25) is 4.79 Å². The van der Waals surface area contributed by atoms with E-state index in [1.807, 2.05) is 0 Å². The summed E-state index contributed by atoms with van der Waals surface area (Å²) >= 11 is 0. The molecule has 4 rings (SSSR count). The van der Waals surface area contributed by atoms with Crippen molar-refractivity contribution in [2.24, 2.45) is 5.16 Å². The second-order valence-corrected chi connectivity index (χ2v) is 9.07. The topological polar surface area (TPSA) is 41.9 Å². The van der Waals surface area contributed by atoms with Gasteiger partial charge in [-0.1, -0.05) is 36.3 Å². The molecule has 1 saturated heterocycles. The first kappa shape index (κ1) is 27.7. The van der Waals surface area contributed by atoms with E-state index in [1.54, 1.807) is 6.92 Å². The molecule has 2 aromatic carbocycles. The molecule has 1 fully saturated rings. The number of likely N-dealkylation sites (tertiary alicyclic amines) is 1. The average Bonchev–Trinajstić information content (AvgIpc) is 3.27. The normalized spacial score (nSPS) is 21.6. The van der Waals surface area contributed by atoms with Crippen molar-refractivity contribution in [1.29, 1.82) is 0 Å². The molecule has 38 heavy (non-hydrogen) atoms. The maximum Gasteiger partial charge on any atom is 0.435 e. The molecule has 0 aliphatic carbocycles. The quantitative estimate of drug-likeness (QED) is 0.393. The highest BCUT2D eigenvalue weighted by atomic mass is 19.4. The Hall–Kier alpha value is -3.32. The summed E-state index contributed by atoms with van der Waals surface area (Å²) < 4.78 is 137. The Morgan fingerprint density at radius 3 is 1.87 bits per heavy atom. The van der Waals surface area contributed by atoms with Gasteiger partial charge in [-0.15, -0.1) is 0 Å². The van der Waals surface area contributed by atoms with Crippen molar-refractivity contribution in [2.75, 3.05) is 13.1 Å². The molecule has 0 N–H and O–H groups in total. The number of halogens is 10. The molecule has 206 valence electrons. The predicted octanol–water partition coefficient (Wildman–Crippen LogP) is 6.72. The molecule has 0 saturated carbocycles. The highest BCUT2D eigenvalue weighted by Gasteiger charge is 2.63.